The molecule has 1 aromatic heterocycles. The minimum absolute atomic E-state index is 0.0488. The standard InChI is InChI=1S/C11H19N3O3/c1-3-16-9(7-4-5-7)10-13-11(17-14-10)8(12)6-15-2/h7-9H,3-6,12H2,1-2H3. The highest BCUT2D eigenvalue weighted by Gasteiger charge is 2.36. The molecule has 1 aliphatic rings. The van der Waals surface area contributed by atoms with Gasteiger partial charge in [-0.25, -0.2) is 0 Å². The molecule has 1 heterocycles. The van der Waals surface area contributed by atoms with Gasteiger partial charge in [-0.3, -0.25) is 0 Å². The Kier molecular flexibility index (Phi) is 4.09. The highest BCUT2D eigenvalue weighted by atomic mass is 16.5. The summed E-state index contributed by atoms with van der Waals surface area (Å²) in [6, 6.07) is -0.372. The van der Waals surface area contributed by atoms with Crippen molar-refractivity contribution in [2.24, 2.45) is 11.7 Å². The van der Waals surface area contributed by atoms with Crippen LogP contribution in [0.2, 0.25) is 0 Å². The van der Waals surface area contributed by atoms with Gasteiger partial charge in [-0.15, -0.1) is 0 Å². The second-order valence-corrected chi connectivity index (χ2v) is 4.27. The molecule has 0 bridgehead atoms. The number of methoxy groups -OCH3 is 1. The fourth-order valence-corrected chi connectivity index (χ4v) is 1.76. The van der Waals surface area contributed by atoms with Crippen LogP contribution in [0.1, 0.15) is 43.6 Å². The zero-order chi connectivity index (χ0) is 12.3. The maximum atomic E-state index is 5.82. The van der Waals surface area contributed by atoms with Crippen molar-refractivity contribution in [1.82, 2.24) is 10.1 Å². The first-order chi connectivity index (χ1) is 8.26. The summed E-state index contributed by atoms with van der Waals surface area (Å²) in [6.45, 7) is 2.98. The van der Waals surface area contributed by atoms with Crippen molar-refractivity contribution in [1.29, 1.82) is 0 Å². The predicted molar refractivity (Wildman–Crippen MR) is 60.2 cm³/mol. The second kappa shape index (κ2) is 5.57. The Morgan fingerprint density at radius 1 is 1.53 bits per heavy atom. The minimum Gasteiger partial charge on any atom is -0.383 e. The highest BCUT2D eigenvalue weighted by molar-refractivity contribution is 5.00. The molecular weight excluding hydrogens is 222 g/mol. The summed E-state index contributed by atoms with van der Waals surface area (Å²) in [6.07, 6.45) is 2.28. The van der Waals surface area contributed by atoms with E-state index in [-0.39, 0.29) is 12.1 Å². The molecule has 0 aliphatic heterocycles. The molecule has 0 aromatic carbocycles. The molecule has 2 rings (SSSR count). The number of ether oxygens (including phenoxy) is 2. The Balaban J connectivity index is 2.04. The number of aromatic nitrogens is 2. The van der Waals surface area contributed by atoms with Crippen LogP contribution in [-0.2, 0) is 9.47 Å². The lowest BCUT2D eigenvalue weighted by Gasteiger charge is -2.11. The fourth-order valence-electron chi connectivity index (χ4n) is 1.76. The summed E-state index contributed by atoms with van der Waals surface area (Å²) in [5, 5.41) is 3.95. The fraction of sp³-hybridized carbons (Fsp3) is 0.818. The summed E-state index contributed by atoms with van der Waals surface area (Å²) in [5.74, 6) is 1.54. The van der Waals surface area contributed by atoms with E-state index in [0.29, 0.717) is 30.8 Å². The summed E-state index contributed by atoms with van der Waals surface area (Å²) in [4.78, 5) is 4.30. The Hall–Kier alpha value is -0.980. The maximum absolute atomic E-state index is 5.82. The smallest absolute Gasteiger partial charge is 0.246 e. The van der Waals surface area contributed by atoms with Gasteiger partial charge < -0.3 is 19.7 Å². The molecule has 0 radical (unpaired) electrons. The monoisotopic (exact) mass is 241 g/mol. The average molecular weight is 241 g/mol. The van der Waals surface area contributed by atoms with Gasteiger partial charge >= 0.3 is 0 Å². The largest absolute Gasteiger partial charge is 0.383 e. The van der Waals surface area contributed by atoms with E-state index in [0.717, 1.165) is 0 Å². The molecule has 6 heteroatoms. The highest BCUT2D eigenvalue weighted by Crippen LogP contribution is 2.42. The third-order valence-electron chi connectivity index (χ3n) is 2.77. The molecule has 1 aromatic rings. The lowest BCUT2D eigenvalue weighted by molar-refractivity contribution is 0.0384. The van der Waals surface area contributed by atoms with Crippen LogP contribution in [0.5, 0.6) is 0 Å². The summed E-state index contributed by atoms with van der Waals surface area (Å²) in [7, 11) is 1.59. The Bertz CT molecular complexity index is 351. The molecule has 2 atom stereocenters. The van der Waals surface area contributed by atoms with Crippen molar-refractivity contribution in [3.05, 3.63) is 11.7 Å². The van der Waals surface area contributed by atoms with E-state index >= 15 is 0 Å². The van der Waals surface area contributed by atoms with Crippen molar-refractivity contribution < 1.29 is 14.0 Å². The normalized spacial score (nSPS) is 19.2. The van der Waals surface area contributed by atoms with Gasteiger partial charge in [-0.1, -0.05) is 5.16 Å². The maximum Gasteiger partial charge on any atom is 0.246 e. The second-order valence-electron chi connectivity index (χ2n) is 4.27. The lowest BCUT2D eigenvalue weighted by Crippen LogP contribution is -2.17. The van der Waals surface area contributed by atoms with Crippen LogP contribution in [0.3, 0.4) is 0 Å². The van der Waals surface area contributed by atoms with E-state index in [1.54, 1.807) is 7.11 Å². The van der Waals surface area contributed by atoms with E-state index in [2.05, 4.69) is 10.1 Å². The molecule has 0 amide bonds. The molecule has 1 saturated carbocycles. The number of hydrogen-bond donors (Lipinski definition) is 1. The number of hydrogen-bond acceptors (Lipinski definition) is 6. The van der Waals surface area contributed by atoms with Crippen LogP contribution in [0.4, 0.5) is 0 Å². The van der Waals surface area contributed by atoms with Crippen molar-refractivity contribution in [3.8, 4) is 0 Å². The van der Waals surface area contributed by atoms with Gasteiger partial charge in [0.1, 0.15) is 12.1 Å². The third kappa shape index (κ3) is 3.02. The van der Waals surface area contributed by atoms with Crippen LogP contribution in [0, 0.1) is 5.92 Å². The predicted octanol–water partition coefficient (Wildman–Crippen LogP) is 1.20. The molecule has 2 N–H and O–H groups in total. The lowest BCUT2D eigenvalue weighted by atomic mass is 10.2. The summed E-state index contributed by atoms with van der Waals surface area (Å²) >= 11 is 0. The first kappa shape index (κ1) is 12.5. The van der Waals surface area contributed by atoms with Crippen LogP contribution in [0.15, 0.2) is 4.52 Å². The first-order valence-electron chi connectivity index (χ1n) is 5.95. The SMILES string of the molecule is CCOC(c1noc(C(N)COC)n1)C1CC1. The first-order valence-corrected chi connectivity index (χ1v) is 5.95. The van der Waals surface area contributed by atoms with E-state index in [9.17, 15) is 0 Å². The van der Waals surface area contributed by atoms with Gasteiger partial charge in [0.2, 0.25) is 11.7 Å². The van der Waals surface area contributed by atoms with Gasteiger partial charge in [0.05, 0.1) is 6.61 Å². The zero-order valence-corrected chi connectivity index (χ0v) is 10.3. The van der Waals surface area contributed by atoms with E-state index in [4.69, 9.17) is 19.7 Å². The molecule has 1 fully saturated rings. The van der Waals surface area contributed by atoms with Gasteiger partial charge in [-0.05, 0) is 25.7 Å². The van der Waals surface area contributed by atoms with E-state index < -0.39 is 0 Å². The Morgan fingerprint density at radius 2 is 2.29 bits per heavy atom. The average Bonchev–Trinajstić information content (AvgIpc) is 3.03. The van der Waals surface area contributed by atoms with Gasteiger partial charge in [0, 0.05) is 13.7 Å². The zero-order valence-electron chi connectivity index (χ0n) is 10.3. The number of nitrogens with zero attached hydrogens (tertiary/aromatic N) is 2. The van der Waals surface area contributed by atoms with Crippen LogP contribution < -0.4 is 5.73 Å². The van der Waals surface area contributed by atoms with Gasteiger partial charge in [0.15, 0.2) is 0 Å². The van der Waals surface area contributed by atoms with E-state index in [1.807, 2.05) is 6.92 Å². The van der Waals surface area contributed by atoms with Gasteiger partial charge in [0.25, 0.3) is 0 Å². The van der Waals surface area contributed by atoms with Crippen molar-refractivity contribution in [2.75, 3.05) is 20.3 Å². The number of rotatable bonds is 7. The minimum atomic E-state index is -0.372. The number of nitrogens with two attached hydrogens (primary N) is 1. The van der Waals surface area contributed by atoms with Crippen molar-refractivity contribution >= 4 is 0 Å². The Morgan fingerprint density at radius 3 is 2.88 bits per heavy atom. The van der Waals surface area contributed by atoms with E-state index in [1.165, 1.54) is 12.8 Å². The van der Waals surface area contributed by atoms with Crippen LogP contribution in [-0.4, -0.2) is 30.5 Å². The molecule has 17 heavy (non-hydrogen) atoms. The van der Waals surface area contributed by atoms with Crippen molar-refractivity contribution in [2.45, 2.75) is 31.9 Å². The molecule has 6 nitrogen and oxygen atoms in total. The third-order valence-corrected chi connectivity index (χ3v) is 2.77. The molecular formula is C11H19N3O3. The van der Waals surface area contributed by atoms with Crippen molar-refractivity contribution in [3.63, 3.8) is 0 Å². The molecule has 0 saturated heterocycles. The quantitative estimate of drug-likeness (QED) is 0.772. The van der Waals surface area contributed by atoms with Gasteiger partial charge in [-0.2, -0.15) is 4.98 Å². The van der Waals surface area contributed by atoms with Crippen LogP contribution >= 0.6 is 0 Å². The molecule has 96 valence electrons. The molecule has 0 spiro atoms. The topological polar surface area (TPSA) is 83.4 Å². The molecule has 1 aliphatic carbocycles. The summed E-state index contributed by atoms with van der Waals surface area (Å²) < 4.78 is 15.7. The molecule has 2 unspecified atom stereocenters. The Labute approximate surface area is 100 Å². The van der Waals surface area contributed by atoms with Crippen LogP contribution in [0.25, 0.3) is 0 Å². The summed E-state index contributed by atoms with van der Waals surface area (Å²) in [5.41, 5.74) is 5.82.